The Morgan fingerprint density at radius 1 is 1.18 bits per heavy atom. The predicted molar refractivity (Wildman–Crippen MR) is 95.6 cm³/mol. The highest BCUT2D eigenvalue weighted by Crippen LogP contribution is 2.32. The van der Waals surface area contributed by atoms with Crippen LogP contribution in [0.4, 0.5) is 24.5 Å². The van der Waals surface area contributed by atoms with Crippen molar-refractivity contribution in [2.75, 3.05) is 16.4 Å². The fourth-order valence-corrected chi connectivity index (χ4v) is 3.14. The zero-order chi connectivity index (χ0) is 20.4. The molecule has 0 saturated carbocycles. The van der Waals surface area contributed by atoms with E-state index in [4.69, 9.17) is 4.74 Å². The van der Waals surface area contributed by atoms with Gasteiger partial charge < -0.3 is 15.4 Å². The molecule has 0 saturated heterocycles. The minimum atomic E-state index is -1.73. The molecule has 2 aromatic carbocycles. The summed E-state index contributed by atoms with van der Waals surface area (Å²) in [4.78, 5) is 36.5. The van der Waals surface area contributed by atoms with Crippen LogP contribution in [0.2, 0.25) is 0 Å². The Balaban J connectivity index is 1.67. The van der Waals surface area contributed by atoms with Crippen molar-refractivity contribution in [3.8, 4) is 0 Å². The molecule has 28 heavy (non-hydrogen) atoms. The van der Waals surface area contributed by atoms with Crippen molar-refractivity contribution < 1.29 is 32.3 Å². The lowest BCUT2D eigenvalue weighted by Crippen LogP contribution is -2.30. The Bertz CT molecular complexity index is 984. The third kappa shape index (κ3) is 4.11. The van der Waals surface area contributed by atoms with Crippen LogP contribution in [0.3, 0.4) is 0 Å². The lowest BCUT2D eigenvalue weighted by molar-refractivity contribution is -0.123. The number of hydrogen-bond acceptors (Lipinski definition) is 5. The number of ether oxygens (including phenoxy) is 1. The molecule has 1 aliphatic rings. The van der Waals surface area contributed by atoms with E-state index in [1.54, 1.807) is 6.07 Å². The van der Waals surface area contributed by atoms with Crippen molar-refractivity contribution in [2.45, 2.75) is 17.9 Å². The van der Waals surface area contributed by atoms with Crippen LogP contribution in [0.25, 0.3) is 0 Å². The first kappa shape index (κ1) is 19.7. The number of hydrogen-bond donors (Lipinski definition) is 2. The maximum absolute atomic E-state index is 13.6. The average Bonchev–Trinajstić information content (AvgIpc) is 2.67. The van der Waals surface area contributed by atoms with E-state index in [-0.39, 0.29) is 17.2 Å². The molecule has 3 rings (SSSR count). The number of nitrogens with one attached hydrogen (secondary N) is 2. The summed E-state index contributed by atoms with van der Waals surface area (Å²) in [5.41, 5.74) is -0.0304. The van der Waals surface area contributed by atoms with Crippen molar-refractivity contribution in [1.82, 2.24) is 0 Å². The maximum Gasteiger partial charge on any atom is 0.338 e. The molecule has 1 atom stereocenters. The molecule has 2 amide bonds. The molecule has 0 aliphatic carbocycles. The number of rotatable bonds is 4. The van der Waals surface area contributed by atoms with Crippen LogP contribution >= 0.6 is 11.8 Å². The number of fused-ring (bicyclic) bond motifs is 1. The lowest BCUT2D eigenvalue weighted by Gasteiger charge is -2.18. The van der Waals surface area contributed by atoms with Gasteiger partial charge in [0, 0.05) is 4.90 Å². The van der Waals surface area contributed by atoms with Gasteiger partial charge >= 0.3 is 5.97 Å². The van der Waals surface area contributed by atoms with Crippen molar-refractivity contribution in [2.24, 2.45) is 0 Å². The molecule has 6 nitrogen and oxygen atoms in total. The van der Waals surface area contributed by atoms with Gasteiger partial charge in [0.05, 0.1) is 22.7 Å². The molecule has 1 aliphatic heterocycles. The highest BCUT2D eigenvalue weighted by Gasteiger charge is 2.23. The van der Waals surface area contributed by atoms with E-state index in [0.29, 0.717) is 11.8 Å². The van der Waals surface area contributed by atoms with Gasteiger partial charge in [-0.25, -0.2) is 18.0 Å². The monoisotopic (exact) mass is 410 g/mol. The maximum atomic E-state index is 13.6. The average molecular weight is 410 g/mol. The molecule has 0 radical (unpaired) electrons. The van der Waals surface area contributed by atoms with Gasteiger partial charge in [-0.1, -0.05) is 0 Å². The number of benzene rings is 2. The summed E-state index contributed by atoms with van der Waals surface area (Å²) in [5.74, 6) is -6.39. The van der Waals surface area contributed by atoms with E-state index in [1.807, 2.05) is 5.32 Å². The first-order valence-electron chi connectivity index (χ1n) is 7.98. The molecule has 0 aromatic heterocycles. The van der Waals surface area contributed by atoms with Gasteiger partial charge in [0.1, 0.15) is 0 Å². The number of thioether (sulfide) groups is 1. The summed E-state index contributed by atoms with van der Waals surface area (Å²) in [5, 5.41) is 4.66. The zero-order valence-corrected chi connectivity index (χ0v) is 15.2. The van der Waals surface area contributed by atoms with Crippen LogP contribution in [0.15, 0.2) is 35.2 Å². The second kappa shape index (κ2) is 7.93. The van der Waals surface area contributed by atoms with Gasteiger partial charge in [0.15, 0.2) is 23.6 Å². The standard InChI is InChI=1S/C18H13F3N2O4S/c1-8(17(25)23-11-4-3-10(19)15(20)16(11)21)27-18(26)9-2-5-13-12(6-9)22-14(24)7-28-13/h2-6,8H,7H2,1H3,(H,22,24)(H,23,25). The number of esters is 1. The van der Waals surface area contributed by atoms with Crippen LogP contribution in [-0.4, -0.2) is 29.6 Å². The quantitative estimate of drug-likeness (QED) is 0.597. The van der Waals surface area contributed by atoms with Gasteiger partial charge in [-0.3, -0.25) is 9.59 Å². The molecule has 146 valence electrons. The number of amides is 2. The summed E-state index contributed by atoms with van der Waals surface area (Å²) in [6.45, 7) is 1.24. The minimum absolute atomic E-state index is 0.0974. The molecular weight excluding hydrogens is 397 g/mol. The predicted octanol–water partition coefficient (Wildman–Crippen LogP) is 3.33. The summed E-state index contributed by atoms with van der Waals surface area (Å²) >= 11 is 1.32. The Morgan fingerprint density at radius 3 is 2.68 bits per heavy atom. The van der Waals surface area contributed by atoms with E-state index in [9.17, 15) is 27.6 Å². The first-order chi connectivity index (χ1) is 13.3. The minimum Gasteiger partial charge on any atom is -0.449 e. The molecule has 1 heterocycles. The number of anilines is 2. The van der Waals surface area contributed by atoms with E-state index < -0.39 is 41.1 Å². The third-order valence-electron chi connectivity index (χ3n) is 3.79. The zero-order valence-electron chi connectivity index (χ0n) is 14.3. The highest BCUT2D eigenvalue weighted by molar-refractivity contribution is 8.00. The van der Waals surface area contributed by atoms with Crippen LogP contribution in [0, 0.1) is 17.5 Å². The van der Waals surface area contributed by atoms with Crippen LogP contribution in [0.5, 0.6) is 0 Å². The fraction of sp³-hybridized carbons (Fsp3) is 0.167. The second-order valence-corrected chi connectivity index (χ2v) is 6.82. The van der Waals surface area contributed by atoms with Gasteiger partial charge in [0.25, 0.3) is 5.91 Å². The number of carbonyl (C=O) groups is 3. The van der Waals surface area contributed by atoms with Gasteiger partial charge in [-0.15, -0.1) is 11.8 Å². The largest absolute Gasteiger partial charge is 0.449 e. The van der Waals surface area contributed by atoms with Crippen molar-refractivity contribution in [3.63, 3.8) is 0 Å². The number of carbonyl (C=O) groups excluding carboxylic acids is 3. The van der Waals surface area contributed by atoms with Crippen molar-refractivity contribution >= 4 is 40.9 Å². The summed E-state index contributed by atoms with van der Waals surface area (Å²) < 4.78 is 44.8. The summed E-state index contributed by atoms with van der Waals surface area (Å²) in [6.07, 6.45) is -1.35. The Labute approximate surface area is 161 Å². The molecule has 0 spiro atoms. The number of halogens is 3. The molecule has 1 unspecified atom stereocenters. The topological polar surface area (TPSA) is 84.5 Å². The van der Waals surface area contributed by atoms with Crippen LogP contribution in [0.1, 0.15) is 17.3 Å². The Hall–Kier alpha value is -3.01. The van der Waals surface area contributed by atoms with Crippen molar-refractivity contribution in [1.29, 1.82) is 0 Å². The smallest absolute Gasteiger partial charge is 0.338 e. The molecule has 10 heteroatoms. The molecule has 2 N–H and O–H groups in total. The molecular formula is C18H13F3N2O4S. The SMILES string of the molecule is CC(OC(=O)c1ccc2c(c1)NC(=O)CS2)C(=O)Nc1ccc(F)c(F)c1F. The van der Waals surface area contributed by atoms with E-state index in [1.165, 1.54) is 30.8 Å². The summed E-state index contributed by atoms with van der Waals surface area (Å²) in [6, 6.07) is 6.04. The Kier molecular flexibility index (Phi) is 5.59. The molecule has 0 bridgehead atoms. The summed E-state index contributed by atoms with van der Waals surface area (Å²) in [7, 11) is 0. The highest BCUT2D eigenvalue weighted by atomic mass is 32.2. The molecule has 2 aromatic rings. The second-order valence-electron chi connectivity index (χ2n) is 5.81. The molecule has 0 fully saturated rings. The van der Waals surface area contributed by atoms with E-state index >= 15 is 0 Å². The van der Waals surface area contributed by atoms with Gasteiger partial charge in [-0.2, -0.15) is 0 Å². The van der Waals surface area contributed by atoms with Gasteiger partial charge in [0.2, 0.25) is 5.91 Å². The lowest BCUT2D eigenvalue weighted by atomic mass is 10.2. The third-order valence-corrected chi connectivity index (χ3v) is 4.87. The fourth-order valence-electron chi connectivity index (χ4n) is 2.35. The van der Waals surface area contributed by atoms with Crippen LogP contribution < -0.4 is 10.6 Å². The van der Waals surface area contributed by atoms with E-state index in [0.717, 1.165) is 11.0 Å². The van der Waals surface area contributed by atoms with Crippen LogP contribution in [-0.2, 0) is 14.3 Å². The van der Waals surface area contributed by atoms with Crippen molar-refractivity contribution in [3.05, 3.63) is 53.3 Å². The normalized spacial score (nSPS) is 13.9. The van der Waals surface area contributed by atoms with Gasteiger partial charge in [-0.05, 0) is 37.3 Å². The van der Waals surface area contributed by atoms with E-state index in [2.05, 4.69) is 5.32 Å². The first-order valence-corrected chi connectivity index (χ1v) is 8.97. The Morgan fingerprint density at radius 2 is 1.93 bits per heavy atom.